The van der Waals surface area contributed by atoms with Crippen LogP contribution >= 0.6 is 0 Å². The summed E-state index contributed by atoms with van der Waals surface area (Å²) in [6.07, 6.45) is 7.13. The monoisotopic (exact) mass is 424 g/mol. The van der Waals surface area contributed by atoms with Gasteiger partial charge in [-0.3, -0.25) is 9.59 Å². The second-order valence-corrected chi connectivity index (χ2v) is 6.30. The van der Waals surface area contributed by atoms with Crippen molar-refractivity contribution in [2.45, 2.75) is 51.4 Å². The van der Waals surface area contributed by atoms with Crippen LogP contribution in [-0.2, 0) is 28.5 Å². The maximum atomic E-state index is 11.2. The van der Waals surface area contributed by atoms with Gasteiger partial charge in [0.25, 0.3) is 0 Å². The van der Waals surface area contributed by atoms with Crippen molar-refractivity contribution < 1.29 is 38.1 Å². The molecule has 0 radical (unpaired) electrons. The predicted molar refractivity (Wildman–Crippen MR) is 110 cm³/mol. The fraction of sp³-hybridized carbons (Fsp3) is 0.545. The molecule has 0 aromatic heterocycles. The lowest BCUT2D eigenvalue weighted by atomic mass is 10.1. The molecule has 0 aliphatic heterocycles. The quantitative estimate of drug-likeness (QED) is 0.301. The minimum atomic E-state index is -0.550. The molecule has 30 heavy (non-hydrogen) atoms. The fourth-order valence-corrected chi connectivity index (χ4v) is 2.51. The summed E-state index contributed by atoms with van der Waals surface area (Å²) in [6.45, 7) is 0. The number of carbonyl (C=O) groups excluding carboxylic acids is 4. The molecule has 0 spiro atoms. The van der Waals surface area contributed by atoms with Gasteiger partial charge in [-0.2, -0.15) is 0 Å². The van der Waals surface area contributed by atoms with E-state index in [1.165, 1.54) is 40.6 Å². The van der Waals surface area contributed by atoms with Crippen LogP contribution < -0.4 is 0 Å². The molecule has 0 aliphatic carbocycles. The third kappa shape index (κ3) is 11.8. The van der Waals surface area contributed by atoms with E-state index in [1.54, 1.807) is 12.1 Å². The zero-order valence-electron chi connectivity index (χ0n) is 18.2. The molecule has 0 fully saturated rings. The van der Waals surface area contributed by atoms with Gasteiger partial charge in [0.2, 0.25) is 0 Å². The minimum absolute atomic E-state index is 0.134. The van der Waals surface area contributed by atoms with Crippen LogP contribution in [0, 0.1) is 0 Å². The summed E-state index contributed by atoms with van der Waals surface area (Å²) in [5.74, 6) is -1.37. The van der Waals surface area contributed by atoms with Gasteiger partial charge in [-0.25, -0.2) is 9.59 Å². The van der Waals surface area contributed by atoms with Crippen LogP contribution in [0.1, 0.15) is 72.1 Å². The molecule has 8 heteroatoms. The Kier molecular flexibility index (Phi) is 15.4. The molecule has 0 unspecified atom stereocenters. The number of methoxy groups -OCH3 is 4. The first-order valence-electron chi connectivity index (χ1n) is 9.80. The minimum Gasteiger partial charge on any atom is -0.469 e. The van der Waals surface area contributed by atoms with E-state index in [9.17, 15) is 19.2 Å². The van der Waals surface area contributed by atoms with Crippen LogP contribution in [0.5, 0.6) is 0 Å². The van der Waals surface area contributed by atoms with Gasteiger partial charge in [-0.05, 0) is 25.0 Å². The Morgan fingerprint density at radius 3 is 1.20 bits per heavy atom. The van der Waals surface area contributed by atoms with E-state index in [-0.39, 0.29) is 23.1 Å². The highest BCUT2D eigenvalue weighted by Crippen LogP contribution is 2.11. The Hall–Kier alpha value is -2.90. The molecule has 1 rings (SSSR count). The SMILES string of the molecule is COC(=O)CCCCCCCCC(=O)OC.COC(=O)c1ccccc1C(=O)OC. The van der Waals surface area contributed by atoms with Gasteiger partial charge in [0, 0.05) is 12.8 Å². The first kappa shape index (κ1) is 27.1. The first-order chi connectivity index (χ1) is 14.4. The third-order valence-electron chi connectivity index (χ3n) is 4.20. The van der Waals surface area contributed by atoms with Gasteiger partial charge in [0.05, 0.1) is 39.6 Å². The molecule has 0 amide bonds. The smallest absolute Gasteiger partial charge is 0.338 e. The largest absolute Gasteiger partial charge is 0.469 e. The number of carbonyl (C=O) groups is 4. The topological polar surface area (TPSA) is 105 Å². The molecule has 0 atom stereocenters. The van der Waals surface area contributed by atoms with Crippen molar-refractivity contribution in [3.8, 4) is 0 Å². The summed E-state index contributed by atoms with van der Waals surface area (Å²) in [4.78, 5) is 44.0. The average molecular weight is 424 g/mol. The van der Waals surface area contributed by atoms with Crippen molar-refractivity contribution in [1.82, 2.24) is 0 Å². The number of benzene rings is 1. The van der Waals surface area contributed by atoms with Gasteiger partial charge in [0.15, 0.2) is 0 Å². The lowest BCUT2D eigenvalue weighted by molar-refractivity contribution is -0.141. The van der Waals surface area contributed by atoms with Gasteiger partial charge in [-0.1, -0.05) is 37.8 Å². The average Bonchev–Trinajstić information content (AvgIpc) is 2.79. The number of ether oxygens (including phenoxy) is 4. The molecule has 0 aliphatic rings. The fourth-order valence-electron chi connectivity index (χ4n) is 2.51. The molecule has 0 heterocycles. The number of hydrogen-bond donors (Lipinski definition) is 0. The van der Waals surface area contributed by atoms with E-state index in [1.807, 2.05) is 0 Å². The lowest BCUT2D eigenvalue weighted by Crippen LogP contribution is -2.11. The highest BCUT2D eigenvalue weighted by atomic mass is 16.5. The first-order valence-corrected chi connectivity index (χ1v) is 9.80. The van der Waals surface area contributed by atoms with E-state index >= 15 is 0 Å². The maximum Gasteiger partial charge on any atom is 0.338 e. The van der Waals surface area contributed by atoms with E-state index in [2.05, 4.69) is 18.9 Å². The number of unbranched alkanes of at least 4 members (excludes halogenated alkanes) is 5. The van der Waals surface area contributed by atoms with E-state index < -0.39 is 11.9 Å². The van der Waals surface area contributed by atoms with Gasteiger partial charge < -0.3 is 18.9 Å². The molecule has 1 aromatic rings. The Bertz CT molecular complexity index is 612. The Morgan fingerprint density at radius 2 is 0.900 bits per heavy atom. The van der Waals surface area contributed by atoms with Crippen molar-refractivity contribution in [2.24, 2.45) is 0 Å². The standard InChI is InChI=1S/C12H22O4.C10H10O4/c1-15-11(13)9-7-5-3-4-6-8-10-12(14)16-2;1-13-9(11)7-5-3-4-6-8(7)10(12)14-2/h3-10H2,1-2H3;3-6H,1-2H3. The molecule has 168 valence electrons. The van der Waals surface area contributed by atoms with Crippen LogP contribution in [0.25, 0.3) is 0 Å². The second-order valence-electron chi connectivity index (χ2n) is 6.30. The predicted octanol–water partition coefficient (Wildman–Crippen LogP) is 3.71. The molecule has 8 nitrogen and oxygen atoms in total. The summed E-state index contributed by atoms with van der Waals surface area (Å²) in [5.41, 5.74) is 0.420. The Morgan fingerprint density at radius 1 is 0.567 bits per heavy atom. The Balaban J connectivity index is 0.000000564. The van der Waals surface area contributed by atoms with E-state index in [4.69, 9.17) is 0 Å². The summed E-state index contributed by atoms with van der Waals surface area (Å²) in [5, 5.41) is 0. The molecule has 0 N–H and O–H groups in total. The van der Waals surface area contributed by atoms with Crippen molar-refractivity contribution in [1.29, 1.82) is 0 Å². The van der Waals surface area contributed by atoms with Crippen LogP contribution in [0.2, 0.25) is 0 Å². The van der Waals surface area contributed by atoms with Crippen molar-refractivity contribution >= 4 is 23.9 Å². The van der Waals surface area contributed by atoms with Crippen molar-refractivity contribution in [3.05, 3.63) is 35.4 Å². The number of hydrogen-bond acceptors (Lipinski definition) is 8. The molecule has 0 saturated heterocycles. The van der Waals surface area contributed by atoms with Crippen LogP contribution in [0.3, 0.4) is 0 Å². The van der Waals surface area contributed by atoms with Crippen molar-refractivity contribution in [3.63, 3.8) is 0 Å². The zero-order chi connectivity index (χ0) is 22.8. The highest BCUT2D eigenvalue weighted by Gasteiger charge is 2.16. The summed E-state index contributed by atoms with van der Waals surface area (Å²) in [7, 11) is 5.34. The van der Waals surface area contributed by atoms with Crippen LogP contribution in [0.4, 0.5) is 0 Å². The molecule has 0 bridgehead atoms. The molecular weight excluding hydrogens is 392 g/mol. The van der Waals surface area contributed by atoms with Gasteiger partial charge >= 0.3 is 23.9 Å². The lowest BCUT2D eigenvalue weighted by Gasteiger charge is -2.04. The third-order valence-corrected chi connectivity index (χ3v) is 4.20. The molecule has 0 saturated carbocycles. The summed E-state index contributed by atoms with van der Waals surface area (Å²) < 4.78 is 18.1. The zero-order valence-corrected chi connectivity index (χ0v) is 18.2. The second kappa shape index (κ2) is 17.0. The number of esters is 4. The highest BCUT2D eigenvalue weighted by molar-refractivity contribution is 6.03. The van der Waals surface area contributed by atoms with Gasteiger partial charge in [0.1, 0.15) is 0 Å². The van der Waals surface area contributed by atoms with E-state index in [0.717, 1.165) is 38.5 Å². The summed E-state index contributed by atoms with van der Waals surface area (Å²) in [6, 6.07) is 6.33. The number of rotatable bonds is 11. The van der Waals surface area contributed by atoms with Crippen LogP contribution in [0.15, 0.2) is 24.3 Å². The van der Waals surface area contributed by atoms with Crippen LogP contribution in [-0.4, -0.2) is 52.3 Å². The van der Waals surface area contributed by atoms with Crippen molar-refractivity contribution in [2.75, 3.05) is 28.4 Å². The molecular formula is C22H32O8. The van der Waals surface area contributed by atoms with Gasteiger partial charge in [-0.15, -0.1) is 0 Å². The van der Waals surface area contributed by atoms with E-state index in [0.29, 0.717) is 12.8 Å². The Labute approximate surface area is 177 Å². The molecule has 1 aromatic carbocycles. The maximum absolute atomic E-state index is 11.2. The normalized spacial score (nSPS) is 9.60. The summed E-state index contributed by atoms with van der Waals surface area (Å²) >= 11 is 0.